The predicted molar refractivity (Wildman–Crippen MR) is 75.9 cm³/mol. The lowest BCUT2D eigenvalue weighted by Crippen LogP contribution is -2.40. The fourth-order valence-electron chi connectivity index (χ4n) is 2.88. The SMILES string of the molecule is CCNC(Cc1cccc(C)c1)C1CCOCC1. The van der Waals surface area contributed by atoms with Crippen LogP contribution in [0.5, 0.6) is 0 Å². The molecule has 0 radical (unpaired) electrons. The Hall–Kier alpha value is -0.860. The number of likely N-dealkylation sites (N-methyl/N-ethyl adjacent to an activating group) is 1. The molecule has 0 saturated carbocycles. The number of ether oxygens (including phenoxy) is 1. The van der Waals surface area contributed by atoms with Gasteiger partial charge < -0.3 is 10.1 Å². The Bertz CT molecular complexity index is 358. The van der Waals surface area contributed by atoms with E-state index >= 15 is 0 Å². The maximum Gasteiger partial charge on any atom is 0.0469 e. The van der Waals surface area contributed by atoms with Crippen LogP contribution in [0.25, 0.3) is 0 Å². The fourth-order valence-corrected chi connectivity index (χ4v) is 2.88. The van der Waals surface area contributed by atoms with Crippen LogP contribution < -0.4 is 5.32 Å². The minimum absolute atomic E-state index is 0.598. The second-order valence-electron chi connectivity index (χ2n) is 5.31. The van der Waals surface area contributed by atoms with E-state index in [2.05, 4.69) is 43.4 Å². The number of aryl methyl sites for hydroxylation is 1. The molecule has 1 heterocycles. The zero-order valence-corrected chi connectivity index (χ0v) is 11.6. The van der Waals surface area contributed by atoms with Crippen molar-refractivity contribution in [2.24, 2.45) is 5.92 Å². The lowest BCUT2D eigenvalue weighted by atomic mass is 9.87. The van der Waals surface area contributed by atoms with Crippen LogP contribution >= 0.6 is 0 Å². The smallest absolute Gasteiger partial charge is 0.0469 e. The Morgan fingerprint density at radius 3 is 2.78 bits per heavy atom. The lowest BCUT2D eigenvalue weighted by molar-refractivity contribution is 0.0540. The van der Waals surface area contributed by atoms with Crippen molar-refractivity contribution in [3.63, 3.8) is 0 Å². The number of benzene rings is 1. The molecule has 0 aliphatic carbocycles. The van der Waals surface area contributed by atoms with E-state index < -0.39 is 0 Å². The van der Waals surface area contributed by atoms with E-state index in [-0.39, 0.29) is 0 Å². The highest BCUT2D eigenvalue weighted by Gasteiger charge is 2.23. The second-order valence-corrected chi connectivity index (χ2v) is 5.31. The quantitative estimate of drug-likeness (QED) is 0.864. The molecule has 100 valence electrons. The van der Waals surface area contributed by atoms with Gasteiger partial charge >= 0.3 is 0 Å². The van der Waals surface area contributed by atoms with E-state index in [0.29, 0.717) is 6.04 Å². The van der Waals surface area contributed by atoms with Crippen LogP contribution in [0, 0.1) is 12.8 Å². The van der Waals surface area contributed by atoms with Gasteiger partial charge in [-0.25, -0.2) is 0 Å². The van der Waals surface area contributed by atoms with E-state index in [0.717, 1.165) is 32.1 Å². The molecule has 2 heteroatoms. The van der Waals surface area contributed by atoms with Crippen LogP contribution in [0.4, 0.5) is 0 Å². The number of hydrogen-bond donors (Lipinski definition) is 1. The third-order valence-corrected chi connectivity index (χ3v) is 3.84. The number of hydrogen-bond acceptors (Lipinski definition) is 2. The molecule has 1 aromatic carbocycles. The lowest BCUT2D eigenvalue weighted by Gasteiger charge is -2.31. The predicted octanol–water partition coefficient (Wildman–Crippen LogP) is 2.94. The highest BCUT2D eigenvalue weighted by atomic mass is 16.5. The van der Waals surface area contributed by atoms with Gasteiger partial charge in [0.1, 0.15) is 0 Å². The largest absolute Gasteiger partial charge is 0.381 e. The zero-order valence-electron chi connectivity index (χ0n) is 11.6. The maximum absolute atomic E-state index is 5.47. The van der Waals surface area contributed by atoms with Gasteiger partial charge in [-0.1, -0.05) is 36.8 Å². The van der Waals surface area contributed by atoms with Gasteiger partial charge in [0, 0.05) is 19.3 Å². The minimum atomic E-state index is 0.598. The van der Waals surface area contributed by atoms with Crippen LogP contribution in [0.3, 0.4) is 0 Å². The highest BCUT2D eigenvalue weighted by molar-refractivity contribution is 5.23. The van der Waals surface area contributed by atoms with Crippen molar-refractivity contribution in [3.8, 4) is 0 Å². The Morgan fingerprint density at radius 2 is 2.11 bits per heavy atom. The molecule has 1 N–H and O–H groups in total. The normalized spacial score (nSPS) is 18.8. The molecule has 0 amide bonds. The fraction of sp³-hybridized carbons (Fsp3) is 0.625. The molecule has 1 saturated heterocycles. The van der Waals surface area contributed by atoms with Gasteiger partial charge in [-0.05, 0) is 44.2 Å². The van der Waals surface area contributed by atoms with Gasteiger partial charge in [0.05, 0.1) is 0 Å². The average Bonchev–Trinajstić information content (AvgIpc) is 2.39. The van der Waals surface area contributed by atoms with Crippen molar-refractivity contribution in [2.45, 2.75) is 39.2 Å². The topological polar surface area (TPSA) is 21.3 Å². The molecule has 1 aromatic rings. The first kappa shape index (κ1) is 13.6. The van der Waals surface area contributed by atoms with Crippen molar-refractivity contribution in [3.05, 3.63) is 35.4 Å². The minimum Gasteiger partial charge on any atom is -0.381 e. The van der Waals surface area contributed by atoms with Gasteiger partial charge in [-0.3, -0.25) is 0 Å². The van der Waals surface area contributed by atoms with E-state index in [1.165, 1.54) is 24.0 Å². The first-order valence-electron chi connectivity index (χ1n) is 7.16. The van der Waals surface area contributed by atoms with Crippen LogP contribution in [-0.4, -0.2) is 25.8 Å². The average molecular weight is 247 g/mol. The van der Waals surface area contributed by atoms with Crippen molar-refractivity contribution in [1.29, 1.82) is 0 Å². The third-order valence-electron chi connectivity index (χ3n) is 3.84. The molecule has 0 aromatic heterocycles. The Labute approximate surface area is 111 Å². The van der Waals surface area contributed by atoms with Gasteiger partial charge in [0.2, 0.25) is 0 Å². The Balaban J connectivity index is 2.00. The van der Waals surface area contributed by atoms with Crippen LogP contribution in [-0.2, 0) is 11.2 Å². The van der Waals surface area contributed by atoms with Crippen molar-refractivity contribution >= 4 is 0 Å². The van der Waals surface area contributed by atoms with Gasteiger partial charge in [-0.15, -0.1) is 0 Å². The van der Waals surface area contributed by atoms with Gasteiger partial charge in [-0.2, -0.15) is 0 Å². The summed E-state index contributed by atoms with van der Waals surface area (Å²) in [5.41, 5.74) is 2.81. The summed E-state index contributed by atoms with van der Waals surface area (Å²) in [6, 6.07) is 9.48. The summed E-state index contributed by atoms with van der Waals surface area (Å²) in [6.45, 7) is 7.28. The van der Waals surface area contributed by atoms with Gasteiger partial charge in [0.15, 0.2) is 0 Å². The van der Waals surface area contributed by atoms with Crippen LogP contribution in [0.15, 0.2) is 24.3 Å². The van der Waals surface area contributed by atoms with Crippen LogP contribution in [0.1, 0.15) is 30.9 Å². The monoisotopic (exact) mass is 247 g/mol. The van der Waals surface area contributed by atoms with E-state index in [1.54, 1.807) is 0 Å². The van der Waals surface area contributed by atoms with Crippen molar-refractivity contribution in [2.75, 3.05) is 19.8 Å². The summed E-state index contributed by atoms with van der Waals surface area (Å²) in [5.74, 6) is 0.763. The molecule has 1 atom stereocenters. The van der Waals surface area contributed by atoms with Crippen molar-refractivity contribution in [1.82, 2.24) is 5.32 Å². The molecule has 18 heavy (non-hydrogen) atoms. The summed E-state index contributed by atoms with van der Waals surface area (Å²) in [4.78, 5) is 0. The Kier molecular flexibility index (Phi) is 5.21. The molecular weight excluding hydrogens is 222 g/mol. The molecule has 1 fully saturated rings. The number of rotatable bonds is 5. The second kappa shape index (κ2) is 6.91. The molecule has 1 unspecified atom stereocenters. The summed E-state index contributed by atoms with van der Waals surface area (Å²) in [6.07, 6.45) is 3.53. The van der Waals surface area contributed by atoms with Crippen LogP contribution in [0.2, 0.25) is 0 Å². The summed E-state index contributed by atoms with van der Waals surface area (Å²) in [5, 5.41) is 3.66. The molecule has 2 rings (SSSR count). The first-order valence-corrected chi connectivity index (χ1v) is 7.16. The van der Waals surface area contributed by atoms with Gasteiger partial charge in [0.25, 0.3) is 0 Å². The highest BCUT2D eigenvalue weighted by Crippen LogP contribution is 2.22. The molecule has 0 spiro atoms. The summed E-state index contributed by atoms with van der Waals surface area (Å²) >= 11 is 0. The van der Waals surface area contributed by atoms with E-state index in [4.69, 9.17) is 4.74 Å². The number of nitrogens with one attached hydrogen (secondary N) is 1. The summed E-state index contributed by atoms with van der Waals surface area (Å²) < 4.78 is 5.47. The molecule has 1 aliphatic heterocycles. The third kappa shape index (κ3) is 3.82. The molecule has 1 aliphatic rings. The molecule has 0 bridgehead atoms. The first-order chi connectivity index (χ1) is 8.79. The van der Waals surface area contributed by atoms with E-state index in [9.17, 15) is 0 Å². The van der Waals surface area contributed by atoms with E-state index in [1.807, 2.05) is 0 Å². The zero-order chi connectivity index (χ0) is 12.8. The standard InChI is InChI=1S/C16H25NO/c1-3-17-16(15-7-9-18-10-8-15)12-14-6-4-5-13(2)11-14/h4-6,11,15-17H,3,7-10,12H2,1-2H3. The Morgan fingerprint density at radius 1 is 1.33 bits per heavy atom. The molecule has 2 nitrogen and oxygen atoms in total. The summed E-state index contributed by atoms with van der Waals surface area (Å²) in [7, 11) is 0. The maximum atomic E-state index is 5.47. The van der Waals surface area contributed by atoms with Crippen molar-refractivity contribution < 1.29 is 4.74 Å². The molecular formula is C16H25NO.